The molecule has 3 heteroatoms. The molecule has 0 saturated heterocycles. The first kappa shape index (κ1) is 14.7. The predicted molar refractivity (Wildman–Crippen MR) is 73.6 cm³/mol. The summed E-state index contributed by atoms with van der Waals surface area (Å²) in [5.74, 6) is -0.485. The average Bonchev–Trinajstić information content (AvgIpc) is 2.35. The Balaban J connectivity index is 3.22. The Morgan fingerprint density at radius 3 is 2.61 bits per heavy atom. The Hall–Kier alpha value is -1.35. The number of hydrogen-bond acceptors (Lipinski definition) is 2. The van der Waals surface area contributed by atoms with E-state index in [-0.39, 0.29) is 6.54 Å². The number of benzene rings is 1. The lowest BCUT2D eigenvalue weighted by atomic mass is 9.73. The van der Waals surface area contributed by atoms with Crippen LogP contribution in [0.3, 0.4) is 0 Å². The van der Waals surface area contributed by atoms with Crippen molar-refractivity contribution in [3.05, 3.63) is 35.4 Å². The van der Waals surface area contributed by atoms with Gasteiger partial charge in [0, 0.05) is 6.54 Å². The van der Waals surface area contributed by atoms with Crippen LogP contribution < -0.4 is 5.73 Å². The van der Waals surface area contributed by atoms with Crippen molar-refractivity contribution in [2.24, 2.45) is 11.7 Å². The molecule has 0 heterocycles. The monoisotopic (exact) mass is 249 g/mol. The molecule has 2 atom stereocenters. The van der Waals surface area contributed by atoms with E-state index in [1.54, 1.807) is 0 Å². The lowest BCUT2D eigenvalue weighted by Crippen LogP contribution is -2.44. The molecule has 0 spiro atoms. The van der Waals surface area contributed by atoms with Gasteiger partial charge in [0.1, 0.15) is 5.41 Å². The number of carboxylic acids is 1. The highest BCUT2D eigenvalue weighted by atomic mass is 16.4. The molecule has 3 nitrogen and oxygen atoms in total. The van der Waals surface area contributed by atoms with E-state index in [0.717, 1.165) is 17.5 Å². The van der Waals surface area contributed by atoms with Crippen LogP contribution in [0, 0.1) is 12.8 Å². The molecule has 1 aromatic carbocycles. The summed E-state index contributed by atoms with van der Waals surface area (Å²) in [6.45, 7) is 6.25. The summed E-state index contributed by atoms with van der Waals surface area (Å²) >= 11 is 0. The highest BCUT2D eigenvalue weighted by Crippen LogP contribution is 2.32. The van der Waals surface area contributed by atoms with Crippen molar-refractivity contribution in [3.8, 4) is 0 Å². The third-order valence-electron chi connectivity index (χ3n) is 3.72. The summed E-state index contributed by atoms with van der Waals surface area (Å²) in [4.78, 5) is 11.7. The number of rotatable bonds is 6. The SMILES string of the molecule is CCC(C)CC(CN)(C(=O)O)c1cccc(C)c1. The Kier molecular flexibility index (Phi) is 4.91. The van der Waals surface area contributed by atoms with Gasteiger partial charge in [0.05, 0.1) is 0 Å². The van der Waals surface area contributed by atoms with E-state index < -0.39 is 11.4 Å². The minimum Gasteiger partial charge on any atom is -0.481 e. The molecule has 0 radical (unpaired) electrons. The zero-order valence-corrected chi connectivity index (χ0v) is 11.4. The summed E-state index contributed by atoms with van der Waals surface area (Å²) in [6, 6.07) is 7.67. The van der Waals surface area contributed by atoms with E-state index in [2.05, 4.69) is 13.8 Å². The van der Waals surface area contributed by atoms with Gasteiger partial charge in [-0.15, -0.1) is 0 Å². The zero-order chi connectivity index (χ0) is 13.8. The number of carbonyl (C=O) groups is 1. The first-order valence-electron chi connectivity index (χ1n) is 6.47. The van der Waals surface area contributed by atoms with E-state index in [9.17, 15) is 9.90 Å². The van der Waals surface area contributed by atoms with Crippen molar-refractivity contribution in [2.75, 3.05) is 6.54 Å². The molecule has 0 bridgehead atoms. The Bertz CT molecular complexity index is 417. The van der Waals surface area contributed by atoms with Crippen LogP contribution in [0.2, 0.25) is 0 Å². The van der Waals surface area contributed by atoms with Crippen LogP contribution in [0.5, 0.6) is 0 Å². The van der Waals surface area contributed by atoms with Crippen LogP contribution in [0.25, 0.3) is 0 Å². The van der Waals surface area contributed by atoms with E-state index in [4.69, 9.17) is 5.73 Å². The van der Waals surface area contributed by atoms with E-state index in [1.807, 2.05) is 31.2 Å². The maximum atomic E-state index is 11.7. The van der Waals surface area contributed by atoms with Gasteiger partial charge in [-0.1, -0.05) is 50.1 Å². The van der Waals surface area contributed by atoms with Crippen LogP contribution in [-0.4, -0.2) is 17.6 Å². The van der Waals surface area contributed by atoms with Crippen LogP contribution in [-0.2, 0) is 10.2 Å². The molecule has 0 fully saturated rings. The van der Waals surface area contributed by atoms with E-state index in [1.165, 1.54) is 0 Å². The molecule has 0 aromatic heterocycles. The Labute approximate surface area is 109 Å². The third kappa shape index (κ3) is 2.91. The second kappa shape index (κ2) is 6.01. The number of aliphatic carboxylic acids is 1. The van der Waals surface area contributed by atoms with Crippen LogP contribution in [0.15, 0.2) is 24.3 Å². The highest BCUT2D eigenvalue weighted by Gasteiger charge is 2.40. The maximum Gasteiger partial charge on any atom is 0.315 e. The molecule has 100 valence electrons. The fourth-order valence-electron chi connectivity index (χ4n) is 2.30. The highest BCUT2D eigenvalue weighted by molar-refractivity contribution is 5.81. The molecule has 3 N–H and O–H groups in total. The first-order chi connectivity index (χ1) is 8.46. The van der Waals surface area contributed by atoms with Crippen molar-refractivity contribution in [1.82, 2.24) is 0 Å². The van der Waals surface area contributed by atoms with Crippen LogP contribution in [0.1, 0.15) is 37.8 Å². The molecule has 2 unspecified atom stereocenters. The second-order valence-electron chi connectivity index (χ2n) is 5.18. The summed E-state index contributed by atoms with van der Waals surface area (Å²) in [5.41, 5.74) is 6.74. The van der Waals surface area contributed by atoms with Gasteiger partial charge >= 0.3 is 5.97 Å². The lowest BCUT2D eigenvalue weighted by molar-refractivity contribution is -0.144. The molecular weight excluding hydrogens is 226 g/mol. The summed E-state index contributed by atoms with van der Waals surface area (Å²) in [5, 5.41) is 9.63. The lowest BCUT2D eigenvalue weighted by Gasteiger charge is -2.31. The van der Waals surface area contributed by atoms with Crippen molar-refractivity contribution in [1.29, 1.82) is 0 Å². The van der Waals surface area contributed by atoms with Gasteiger partial charge < -0.3 is 10.8 Å². The molecule has 1 rings (SSSR count). The molecule has 18 heavy (non-hydrogen) atoms. The second-order valence-corrected chi connectivity index (χ2v) is 5.18. The van der Waals surface area contributed by atoms with Gasteiger partial charge in [0.15, 0.2) is 0 Å². The van der Waals surface area contributed by atoms with Gasteiger partial charge in [0.25, 0.3) is 0 Å². The van der Waals surface area contributed by atoms with Gasteiger partial charge in [-0.3, -0.25) is 4.79 Å². The number of hydrogen-bond donors (Lipinski definition) is 2. The standard InChI is InChI=1S/C15H23NO2/c1-4-11(2)9-15(10-16,14(17)18)13-7-5-6-12(3)8-13/h5-8,11H,4,9-10,16H2,1-3H3,(H,17,18). The zero-order valence-electron chi connectivity index (χ0n) is 11.4. The van der Waals surface area contributed by atoms with Crippen molar-refractivity contribution in [3.63, 3.8) is 0 Å². The normalized spacial score (nSPS) is 16.0. The van der Waals surface area contributed by atoms with Crippen molar-refractivity contribution < 1.29 is 9.90 Å². The molecule has 1 aromatic rings. The predicted octanol–water partition coefficient (Wildman–Crippen LogP) is 2.71. The van der Waals surface area contributed by atoms with Gasteiger partial charge in [-0.25, -0.2) is 0 Å². The van der Waals surface area contributed by atoms with Crippen LogP contribution in [0.4, 0.5) is 0 Å². The first-order valence-corrected chi connectivity index (χ1v) is 6.47. The van der Waals surface area contributed by atoms with Crippen molar-refractivity contribution in [2.45, 2.75) is 39.0 Å². The molecular formula is C15H23NO2. The minimum atomic E-state index is -0.957. The fourth-order valence-corrected chi connectivity index (χ4v) is 2.30. The topological polar surface area (TPSA) is 63.3 Å². The molecule has 0 aliphatic rings. The Morgan fingerprint density at radius 2 is 2.17 bits per heavy atom. The van der Waals surface area contributed by atoms with E-state index >= 15 is 0 Å². The molecule has 0 aliphatic carbocycles. The maximum absolute atomic E-state index is 11.7. The fraction of sp³-hybridized carbons (Fsp3) is 0.533. The third-order valence-corrected chi connectivity index (χ3v) is 3.72. The minimum absolute atomic E-state index is 0.135. The molecule has 0 aliphatic heterocycles. The van der Waals surface area contributed by atoms with Crippen LogP contribution >= 0.6 is 0 Å². The van der Waals surface area contributed by atoms with Crippen molar-refractivity contribution >= 4 is 5.97 Å². The molecule has 0 saturated carbocycles. The summed E-state index contributed by atoms with van der Waals surface area (Å²) in [7, 11) is 0. The van der Waals surface area contributed by atoms with Gasteiger partial charge in [-0.05, 0) is 24.8 Å². The molecule has 0 amide bonds. The van der Waals surface area contributed by atoms with E-state index in [0.29, 0.717) is 12.3 Å². The smallest absolute Gasteiger partial charge is 0.315 e. The Morgan fingerprint density at radius 1 is 1.50 bits per heavy atom. The number of aryl methyl sites for hydroxylation is 1. The number of carboxylic acid groups (broad SMARTS) is 1. The quantitative estimate of drug-likeness (QED) is 0.814. The average molecular weight is 249 g/mol. The number of nitrogens with two attached hydrogens (primary N) is 1. The summed E-state index contributed by atoms with van der Waals surface area (Å²) < 4.78 is 0. The largest absolute Gasteiger partial charge is 0.481 e. The van der Waals surface area contributed by atoms with Gasteiger partial charge in [-0.2, -0.15) is 0 Å². The van der Waals surface area contributed by atoms with Gasteiger partial charge in [0.2, 0.25) is 0 Å². The summed E-state index contributed by atoms with van der Waals surface area (Å²) in [6.07, 6.45) is 1.54.